The molecule has 0 spiro atoms. The van der Waals surface area contributed by atoms with Gasteiger partial charge in [-0.1, -0.05) is 18.2 Å². The number of carbonyl (C=O) groups is 1. The second kappa shape index (κ2) is 8.17. The van der Waals surface area contributed by atoms with E-state index in [-0.39, 0.29) is 18.4 Å². The second-order valence-electron chi connectivity index (χ2n) is 6.41. The first-order valence-corrected chi connectivity index (χ1v) is 11.5. The number of ether oxygens (including phenoxy) is 1. The number of carbonyl (C=O) groups excluding carboxylic acids is 1. The predicted octanol–water partition coefficient (Wildman–Crippen LogP) is 4.55. The van der Waals surface area contributed by atoms with Crippen LogP contribution in [0.2, 0.25) is 19.6 Å². The molecular formula is C18H25NO4Si. The van der Waals surface area contributed by atoms with Crippen molar-refractivity contribution in [2.75, 3.05) is 11.7 Å². The lowest BCUT2D eigenvalue weighted by atomic mass is 10.1. The number of anilines is 1. The Morgan fingerprint density at radius 1 is 1.17 bits per heavy atom. The van der Waals surface area contributed by atoms with E-state index in [4.69, 9.17) is 13.7 Å². The predicted molar refractivity (Wildman–Crippen MR) is 96.1 cm³/mol. The van der Waals surface area contributed by atoms with Gasteiger partial charge in [0.2, 0.25) is 8.32 Å². The van der Waals surface area contributed by atoms with Crippen LogP contribution in [-0.4, -0.2) is 20.9 Å². The van der Waals surface area contributed by atoms with E-state index in [0.717, 1.165) is 5.69 Å². The van der Waals surface area contributed by atoms with Crippen molar-refractivity contribution >= 4 is 20.0 Å². The average molecular weight is 347 g/mol. The van der Waals surface area contributed by atoms with Crippen molar-refractivity contribution in [3.8, 4) is 0 Å². The summed E-state index contributed by atoms with van der Waals surface area (Å²) in [6.45, 7) is 8.46. The van der Waals surface area contributed by atoms with Crippen molar-refractivity contribution in [1.82, 2.24) is 0 Å². The highest BCUT2D eigenvalue weighted by Crippen LogP contribution is 2.32. The maximum atomic E-state index is 12.1. The molecule has 0 saturated heterocycles. The van der Waals surface area contributed by atoms with Crippen LogP contribution in [-0.2, 0) is 14.1 Å². The van der Waals surface area contributed by atoms with Crippen LogP contribution in [0.3, 0.4) is 0 Å². The van der Waals surface area contributed by atoms with E-state index in [2.05, 4.69) is 19.6 Å². The molecule has 0 N–H and O–H groups in total. The molecule has 0 aliphatic heterocycles. The summed E-state index contributed by atoms with van der Waals surface area (Å²) in [5.41, 5.74) is 0.880. The van der Waals surface area contributed by atoms with Crippen LogP contribution in [0.1, 0.15) is 25.1 Å². The highest BCUT2D eigenvalue weighted by atomic mass is 28.4. The van der Waals surface area contributed by atoms with Gasteiger partial charge in [-0.2, -0.15) is 0 Å². The summed E-state index contributed by atoms with van der Waals surface area (Å²) < 4.78 is 17.0. The molecule has 0 radical (unpaired) electrons. The quantitative estimate of drug-likeness (QED) is 0.398. The van der Waals surface area contributed by atoms with E-state index >= 15 is 0 Å². The summed E-state index contributed by atoms with van der Waals surface area (Å²) in [7, 11) is -1.92. The molecule has 0 amide bonds. The highest BCUT2D eigenvalue weighted by Gasteiger charge is 2.31. The number of furan rings is 1. The van der Waals surface area contributed by atoms with Gasteiger partial charge in [0.05, 0.1) is 25.0 Å². The number of rotatable bonds is 8. The summed E-state index contributed by atoms with van der Waals surface area (Å²) in [5, 5.41) is 1.79. The highest BCUT2D eigenvalue weighted by molar-refractivity contribution is 6.69. The normalized spacial score (nSPS) is 12.7. The van der Waals surface area contributed by atoms with E-state index in [1.165, 1.54) is 0 Å². The molecule has 0 saturated carbocycles. The first-order valence-electron chi connectivity index (χ1n) is 8.13. The Labute approximate surface area is 144 Å². The Hall–Kier alpha value is -2.05. The fourth-order valence-corrected chi connectivity index (χ4v) is 3.15. The van der Waals surface area contributed by atoms with Crippen LogP contribution < -0.4 is 5.06 Å². The topological polar surface area (TPSA) is 51.9 Å². The Kier molecular flexibility index (Phi) is 6.22. The van der Waals surface area contributed by atoms with Gasteiger partial charge in [0.25, 0.3) is 0 Å². The lowest BCUT2D eigenvalue weighted by Crippen LogP contribution is -2.40. The maximum absolute atomic E-state index is 12.1. The van der Waals surface area contributed by atoms with Gasteiger partial charge in [-0.05, 0) is 50.8 Å². The molecule has 24 heavy (non-hydrogen) atoms. The summed E-state index contributed by atoms with van der Waals surface area (Å²) in [6.07, 6.45) is 1.76. The average Bonchev–Trinajstić information content (AvgIpc) is 3.05. The monoisotopic (exact) mass is 347 g/mol. The molecule has 5 nitrogen and oxygen atoms in total. The zero-order valence-electron chi connectivity index (χ0n) is 14.7. The number of hydrogen-bond donors (Lipinski definition) is 0. The standard InChI is InChI=1S/C18H25NO4Si/c1-5-21-18(20)14-16(17-12-9-13-22-17)19(23-24(2,3)4)15-10-7-6-8-11-15/h6-13,16H,5,14H2,1-4H3. The number of para-hydroxylation sites is 1. The van der Waals surface area contributed by atoms with Gasteiger partial charge in [0, 0.05) is 0 Å². The van der Waals surface area contributed by atoms with Crippen LogP contribution in [0.15, 0.2) is 53.1 Å². The van der Waals surface area contributed by atoms with Crippen molar-refractivity contribution < 1.29 is 18.5 Å². The summed E-state index contributed by atoms with van der Waals surface area (Å²) in [5.74, 6) is 0.393. The first-order chi connectivity index (χ1) is 11.4. The number of benzene rings is 1. The van der Waals surface area contributed by atoms with Gasteiger partial charge in [0.15, 0.2) is 0 Å². The molecule has 1 aromatic carbocycles. The Morgan fingerprint density at radius 3 is 2.42 bits per heavy atom. The third-order valence-corrected chi connectivity index (χ3v) is 3.95. The number of hydrogen-bond acceptors (Lipinski definition) is 5. The molecule has 0 bridgehead atoms. The van der Waals surface area contributed by atoms with Gasteiger partial charge < -0.3 is 13.7 Å². The Morgan fingerprint density at radius 2 is 1.88 bits per heavy atom. The smallest absolute Gasteiger partial charge is 0.308 e. The molecule has 2 aromatic rings. The van der Waals surface area contributed by atoms with Crippen LogP contribution >= 0.6 is 0 Å². The molecular weight excluding hydrogens is 322 g/mol. The zero-order chi connectivity index (χ0) is 17.6. The van der Waals surface area contributed by atoms with Crippen molar-refractivity contribution in [3.05, 3.63) is 54.5 Å². The number of nitrogens with zero attached hydrogens (tertiary/aromatic N) is 1. The number of hydroxylamine groups is 1. The fraction of sp³-hybridized carbons (Fsp3) is 0.389. The molecule has 6 heteroatoms. The molecule has 1 atom stereocenters. The van der Waals surface area contributed by atoms with Crippen molar-refractivity contribution in [2.24, 2.45) is 0 Å². The first kappa shape index (κ1) is 18.3. The number of esters is 1. The minimum absolute atomic E-state index is 0.153. The van der Waals surface area contributed by atoms with Gasteiger partial charge >= 0.3 is 5.97 Å². The molecule has 0 aliphatic rings. The van der Waals surface area contributed by atoms with Crippen LogP contribution in [0, 0.1) is 0 Å². The summed E-state index contributed by atoms with van der Waals surface area (Å²) in [6, 6.07) is 13.0. The van der Waals surface area contributed by atoms with E-state index in [9.17, 15) is 4.79 Å². The second-order valence-corrected chi connectivity index (χ2v) is 10.8. The lowest BCUT2D eigenvalue weighted by Gasteiger charge is -2.36. The van der Waals surface area contributed by atoms with E-state index < -0.39 is 8.32 Å². The maximum Gasteiger partial charge on any atom is 0.308 e. The van der Waals surface area contributed by atoms with Crippen LogP contribution in [0.4, 0.5) is 5.69 Å². The molecule has 2 rings (SSSR count). The van der Waals surface area contributed by atoms with E-state index in [1.54, 1.807) is 18.3 Å². The Bertz CT molecular complexity index is 622. The zero-order valence-corrected chi connectivity index (χ0v) is 15.7. The van der Waals surface area contributed by atoms with Crippen molar-refractivity contribution in [2.45, 2.75) is 39.0 Å². The van der Waals surface area contributed by atoms with Gasteiger partial charge in [0.1, 0.15) is 11.8 Å². The van der Waals surface area contributed by atoms with Gasteiger partial charge in [-0.25, -0.2) is 0 Å². The minimum Gasteiger partial charge on any atom is -0.467 e. The molecule has 0 fully saturated rings. The SMILES string of the molecule is CCOC(=O)CC(c1ccco1)N(O[Si](C)(C)C)c1ccccc1. The molecule has 1 heterocycles. The summed E-state index contributed by atoms with van der Waals surface area (Å²) >= 11 is 0. The van der Waals surface area contributed by atoms with Crippen molar-refractivity contribution in [3.63, 3.8) is 0 Å². The minimum atomic E-state index is -1.92. The largest absolute Gasteiger partial charge is 0.467 e. The molecule has 1 aromatic heterocycles. The van der Waals surface area contributed by atoms with Gasteiger partial charge in [-0.3, -0.25) is 9.86 Å². The van der Waals surface area contributed by atoms with Crippen molar-refractivity contribution in [1.29, 1.82) is 0 Å². The van der Waals surface area contributed by atoms with E-state index in [1.807, 2.05) is 42.5 Å². The molecule has 0 aliphatic carbocycles. The molecule has 1 unspecified atom stereocenters. The van der Waals surface area contributed by atoms with E-state index in [0.29, 0.717) is 12.4 Å². The van der Waals surface area contributed by atoms with Crippen LogP contribution in [0.5, 0.6) is 0 Å². The van der Waals surface area contributed by atoms with Crippen LogP contribution in [0.25, 0.3) is 0 Å². The third kappa shape index (κ3) is 5.25. The third-order valence-electron chi connectivity index (χ3n) is 3.20. The fourth-order valence-electron chi connectivity index (χ4n) is 2.32. The summed E-state index contributed by atoms with van der Waals surface area (Å²) in [4.78, 5) is 12.1. The van der Waals surface area contributed by atoms with Gasteiger partial charge in [-0.15, -0.1) is 0 Å². The molecule has 130 valence electrons. The lowest BCUT2D eigenvalue weighted by molar-refractivity contribution is -0.144. The Balaban J connectivity index is 2.38.